The number of carbonyl (C=O) groups excluding carboxylic acids is 1. The lowest BCUT2D eigenvalue weighted by atomic mass is 9.97. The molecule has 4 N–H and O–H groups in total. The van der Waals surface area contributed by atoms with E-state index in [4.69, 9.17) is 5.73 Å². The van der Waals surface area contributed by atoms with Crippen molar-refractivity contribution >= 4 is 11.9 Å². The molecule has 1 aliphatic rings. The Bertz CT molecular complexity index is 513. The van der Waals surface area contributed by atoms with Gasteiger partial charge in [0.15, 0.2) is 5.96 Å². The molecule has 7 heteroatoms. The number of primary amides is 1. The zero-order valence-corrected chi connectivity index (χ0v) is 14.6. The van der Waals surface area contributed by atoms with Crippen LogP contribution >= 0.6 is 0 Å². The zero-order chi connectivity index (χ0) is 17.2. The molecule has 1 aromatic heterocycles. The first-order valence-electron chi connectivity index (χ1n) is 8.76. The van der Waals surface area contributed by atoms with E-state index in [2.05, 4.69) is 37.5 Å². The Morgan fingerprint density at radius 2 is 2.00 bits per heavy atom. The summed E-state index contributed by atoms with van der Waals surface area (Å²) >= 11 is 0. The highest BCUT2D eigenvalue weighted by atomic mass is 16.1. The lowest BCUT2D eigenvalue weighted by molar-refractivity contribution is -0.123. The van der Waals surface area contributed by atoms with E-state index in [0.717, 1.165) is 64.5 Å². The molecule has 2 heterocycles. The van der Waals surface area contributed by atoms with Crippen molar-refractivity contribution < 1.29 is 4.79 Å². The molecule has 0 radical (unpaired) electrons. The predicted octanol–water partition coefficient (Wildman–Crippen LogP) is 0.241. The topological polar surface area (TPSA) is 87.7 Å². The first-order valence-corrected chi connectivity index (χ1v) is 8.76. The smallest absolute Gasteiger partial charge is 0.221 e. The lowest BCUT2D eigenvalue weighted by Crippen LogP contribution is -2.43. The number of rotatable bonds is 8. The summed E-state index contributed by atoms with van der Waals surface area (Å²) in [4.78, 5) is 17.9. The van der Waals surface area contributed by atoms with Crippen molar-refractivity contribution in [1.82, 2.24) is 20.1 Å². The van der Waals surface area contributed by atoms with E-state index < -0.39 is 0 Å². The second-order valence-corrected chi connectivity index (χ2v) is 6.24. The Labute approximate surface area is 144 Å². The van der Waals surface area contributed by atoms with E-state index in [9.17, 15) is 4.79 Å². The summed E-state index contributed by atoms with van der Waals surface area (Å²) in [7, 11) is 1.78. The SMILES string of the molecule is CN=C(NCCCN1CCCC(C(N)=O)C1)NCCn1cccc1. The Morgan fingerprint density at radius 3 is 2.71 bits per heavy atom. The molecular formula is C17H30N6O. The predicted molar refractivity (Wildman–Crippen MR) is 96.8 cm³/mol. The second kappa shape index (κ2) is 9.97. The first-order chi connectivity index (χ1) is 11.7. The maximum atomic E-state index is 11.3. The van der Waals surface area contributed by atoms with Crippen LogP contribution in [0, 0.1) is 5.92 Å². The van der Waals surface area contributed by atoms with Crippen molar-refractivity contribution in [2.45, 2.75) is 25.8 Å². The summed E-state index contributed by atoms with van der Waals surface area (Å²) in [5.41, 5.74) is 5.42. The number of hydrogen-bond donors (Lipinski definition) is 3. The summed E-state index contributed by atoms with van der Waals surface area (Å²) in [5, 5.41) is 6.65. The minimum Gasteiger partial charge on any atom is -0.369 e. The molecule has 2 rings (SSSR count). The fraction of sp³-hybridized carbons (Fsp3) is 0.647. The largest absolute Gasteiger partial charge is 0.369 e. The molecule has 7 nitrogen and oxygen atoms in total. The first kappa shape index (κ1) is 18.3. The Kier molecular flexibility index (Phi) is 7.61. The number of nitrogens with two attached hydrogens (primary N) is 1. The van der Waals surface area contributed by atoms with Crippen LogP contribution in [0.3, 0.4) is 0 Å². The van der Waals surface area contributed by atoms with Gasteiger partial charge < -0.3 is 25.8 Å². The van der Waals surface area contributed by atoms with E-state index in [1.165, 1.54) is 0 Å². The van der Waals surface area contributed by atoms with Gasteiger partial charge in [0.1, 0.15) is 0 Å². The number of guanidine groups is 1. The van der Waals surface area contributed by atoms with Gasteiger partial charge in [-0.3, -0.25) is 9.79 Å². The molecular weight excluding hydrogens is 304 g/mol. The molecule has 24 heavy (non-hydrogen) atoms. The maximum Gasteiger partial charge on any atom is 0.221 e. The van der Waals surface area contributed by atoms with Crippen molar-refractivity contribution in [3.63, 3.8) is 0 Å². The summed E-state index contributed by atoms with van der Waals surface area (Å²) < 4.78 is 2.13. The molecule has 1 unspecified atom stereocenters. The van der Waals surface area contributed by atoms with E-state index in [1.54, 1.807) is 7.05 Å². The van der Waals surface area contributed by atoms with Crippen LogP contribution < -0.4 is 16.4 Å². The second-order valence-electron chi connectivity index (χ2n) is 6.24. The molecule has 1 aromatic rings. The Balaban J connectivity index is 1.57. The van der Waals surface area contributed by atoms with Gasteiger partial charge in [0.2, 0.25) is 5.91 Å². The number of aromatic nitrogens is 1. The molecule has 134 valence electrons. The van der Waals surface area contributed by atoms with Crippen LogP contribution in [0.2, 0.25) is 0 Å². The summed E-state index contributed by atoms with van der Waals surface area (Å²) in [5.74, 6) is 0.691. The number of carbonyl (C=O) groups is 1. The van der Waals surface area contributed by atoms with Gasteiger partial charge in [-0.15, -0.1) is 0 Å². The minimum absolute atomic E-state index is 0.0230. The highest BCUT2D eigenvalue weighted by Crippen LogP contribution is 2.15. The third kappa shape index (κ3) is 6.23. The number of piperidine rings is 1. The van der Waals surface area contributed by atoms with Crippen molar-refractivity contribution in [2.24, 2.45) is 16.6 Å². The van der Waals surface area contributed by atoms with E-state index in [0.29, 0.717) is 0 Å². The van der Waals surface area contributed by atoms with Gasteiger partial charge in [-0.1, -0.05) is 0 Å². The maximum absolute atomic E-state index is 11.3. The van der Waals surface area contributed by atoms with Crippen LogP contribution in [-0.2, 0) is 11.3 Å². The standard InChI is InChI=1S/C17H30N6O/c1-19-17(21-8-13-22-9-2-3-10-22)20-7-5-12-23-11-4-6-15(14-23)16(18)24/h2-3,9-10,15H,4-8,11-14H2,1H3,(H2,18,24)(H2,19,20,21). The average Bonchev–Trinajstić information content (AvgIpc) is 3.10. The van der Waals surface area contributed by atoms with Crippen LogP contribution in [0.4, 0.5) is 0 Å². The van der Waals surface area contributed by atoms with E-state index in [1.807, 2.05) is 12.1 Å². The third-order valence-electron chi connectivity index (χ3n) is 4.40. The molecule has 1 fully saturated rings. The van der Waals surface area contributed by atoms with Crippen molar-refractivity contribution in [1.29, 1.82) is 0 Å². The number of nitrogens with zero attached hydrogens (tertiary/aromatic N) is 3. The average molecular weight is 334 g/mol. The van der Waals surface area contributed by atoms with Gasteiger partial charge in [-0.25, -0.2) is 0 Å². The molecule has 1 atom stereocenters. The molecule has 0 spiro atoms. The third-order valence-corrected chi connectivity index (χ3v) is 4.40. The van der Waals surface area contributed by atoms with Crippen molar-refractivity contribution in [3.8, 4) is 0 Å². The Hall–Kier alpha value is -2.02. The number of likely N-dealkylation sites (tertiary alicyclic amines) is 1. The monoisotopic (exact) mass is 334 g/mol. The molecule has 0 aromatic carbocycles. The zero-order valence-electron chi connectivity index (χ0n) is 14.6. The Morgan fingerprint density at radius 1 is 1.25 bits per heavy atom. The molecule has 0 aliphatic carbocycles. The molecule has 1 amide bonds. The molecule has 1 saturated heterocycles. The number of nitrogens with one attached hydrogen (secondary N) is 2. The normalized spacial score (nSPS) is 19.2. The van der Waals surface area contributed by atoms with E-state index in [-0.39, 0.29) is 11.8 Å². The quantitative estimate of drug-likeness (QED) is 0.361. The summed E-state index contributed by atoms with van der Waals surface area (Å²) in [6.07, 6.45) is 7.11. The van der Waals surface area contributed by atoms with Crippen LogP contribution in [0.1, 0.15) is 19.3 Å². The fourth-order valence-electron chi connectivity index (χ4n) is 3.04. The van der Waals surface area contributed by atoms with Crippen molar-refractivity contribution in [3.05, 3.63) is 24.5 Å². The van der Waals surface area contributed by atoms with Crippen LogP contribution in [-0.4, -0.2) is 61.1 Å². The minimum atomic E-state index is -0.162. The van der Waals surface area contributed by atoms with Gasteiger partial charge in [0.25, 0.3) is 0 Å². The van der Waals surface area contributed by atoms with Crippen LogP contribution in [0.15, 0.2) is 29.5 Å². The number of hydrogen-bond acceptors (Lipinski definition) is 3. The summed E-state index contributed by atoms with van der Waals surface area (Å²) in [6.45, 7) is 5.46. The van der Waals surface area contributed by atoms with Crippen LogP contribution in [0.5, 0.6) is 0 Å². The van der Waals surface area contributed by atoms with Gasteiger partial charge in [0.05, 0.1) is 5.92 Å². The van der Waals surface area contributed by atoms with Gasteiger partial charge in [-0.05, 0) is 44.5 Å². The molecule has 0 bridgehead atoms. The number of aliphatic imine (C=N–C) groups is 1. The highest BCUT2D eigenvalue weighted by molar-refractivity contribution is 5.79. The lowest BCUT2D eigenvalue weighted by Gasteiger charge is -2.31. The van der Waals surface area contributed by atoms with Gasteiger partial charge in [0, 0.05) is 45.6 Å². The van der Waals surface area contributed by atoms with Crippen molar-refractivity contribution in [2.75, 3.05) is 39.8 Å². The number of amides is 1. The fourth-order valence-corrected chi connectivity index (χ4v) is 3.04. The molecule has 1 aliphatic heterocycles. The van der Waals surface area contributed by atoms with Gasteiger partial charge in [-0.2, -0.15) is 0 Å². The van der Waals surface area contributed by atoms with Gasteiger partial charge >= 0.3 is 0 Å². The van der Waals surface area contributed by atoms with E-state index >= 15 is 0 Å². The highest BCUT2D eigenvalue weighted by Gasteiger charge is 2.23. The summed E-state index contributed by atoms with van der Waals surface area (Å²) in [6, 6.07) is 4.05. The molecule has 0 saturated carbocycles. The van der Waals surface area contributed by atoms with Crippen LogP contribution in [0.25, 0.3) is 0 Å².